The number of aryl methyl sites for hydroxylation is 2. The van der Waals surface area contributed by atoms with Crippen molar-refractivity contribution in [2.24, 2.45) is 4.99 Å². The van der Waals surface area contributed by atoms with E-state index in [1.165, 1.54) is 11.3 Å². The zero-order valence-corrected chi connectivity index (χ0v) is 15.9. The first-order valence-corrected chi connectivity index (χ1v) is 8.76. The topological polar surface area (TPSA) is 65.7 Å². The van der Waals surface area contributed by atoms with Crippen LogP contribution in [0.25, 0.3) is 0 Å². The van der Waals surface area contributed by atoms with Gasteiger partial charge in [-0.2, -0.15) is 0 Å². The lowest BCUT2D eigenvalue weighted by Gasteiger charge is -2.15. The molecule has 1 heterocycles. The monoisotopic (exact) mass is 343 g/mol. The normalized spacial score (nSPS) is 11.5. The van der Waals surface area contributed by atoms with E-state index in [0.717, 1.165) is 35.8 Å². The molecule has 2 rings (SSSR count). The summed E-state index contributed by atoms with van der Waals surface area (Å²) in [4.78, 5) is 6.40. The Morgan fingerprint density at radius 3 is 2.56 bits per heavy atom. The van der Waals surface area contributed by atoms with E-state index in [4.69, 9.17) is 4.52 Å². The smallest absolute Gasteiger partial charge is 0.191 e. The molecule has 6 heteroatoms. The van der Waals surface area contributed by atoms with E-state index < -0.39 is 0 Å². The number of hydrogen-bond acceptors (Lipinski definition) is 4. The molecule has 0 unspecified atom stereocenters. The molecule has 0 fully saturated rings. The average Bonchev–Trinajstić information content (AvgIpc) is 3.04. The molecular weight excluding hydrogens is 314 g/mol. The van der Waals surface area contributed by atoms with Gasteiger partial charge >= 0.3 is 0 Å². The zero-order valence-electron chi connectivity index (χ0n) is 15.9. The first kappa shape index (κ1) is 18.8. The van der Waals surface area contributed by atoms with Crippen LogP contribution < -0.4 is 15.5 Å². The maximum Gasteiger partial charge on any atom is 0.191 e. The fraction of sp³-hybridized carbons (Fsp3) is 0.474. The number of aliphatic imine (C=N–C) groups is 1. The molecule has 0 aliphatic heterocycles. The van der Waals surface area contributed by atoms with Crippen LogP contribution in [-0.4, -0.2) is 32.3 Å². The Hall–Kier alpha value is -2.50. The Kier molecular flexibility index (Phi) is 6.86. The molecular formula is C19H29N5O. The summed E-state index contributed by atoms with van der Waals surface area (Å²) in [6.07, 6.45) is 1.71. The third kappa shape index (κ3) is 4.98. The highest BCUT2D eigenvalue weighted by Crippen LogP contribution is 2.15. The summed E-state index contributed by atoms with van der Waals surface area (Å²) in [5.41, 5.74) is 4.55. The van der Waals surface area contributed by atoms with E-state index in [0.29, 0.717) is 13.1 Å². The summed E-state index contributed by atoms with van der Waals surface area (Å²) < 4.78 is 5.41. The highest BCUT2D eigenvalue weighted by atomic mass is 16.5. The van der Waals surface area contributed by atoms with Gasteiger partial charge in [0, 0.05) is 51.9 Å². The lowest BCUT2D eigenvalue weighted by Crippen LogP contribution is -2.36. The Morgan fingerprint density at radius 2 is 1.92 bits per heavy atom. The van der Waals surface area contributed by atoms with Crippen molar-refractivity contribution in [1.29, 1.82) is 0 Å². The summed E-state index contributed by atoms with van der Waals surface area (Å²) in [5.74, 6) is 1.71. The van der Waals surface area contributed by atoms with E-state index in [1.54, 1.807) is 7.05 Å². The van der Waals surface area contributed by atoms with Crippen LogP contribution in [-0.2, 0) is 25.9 Å². The van der Waals surface area contributed by atoms with Gasteiger partial charge in [0.05, 0.1) is 5.69 Å². The first-order chi connectivity index (χ1) is 12.1. The lowest BCUT2D eigenvalue weighted by molar-refractivity contribution is 0.380. The number of nitrogens with zero attached hydrogens (tertiary/aromatic N) is 3. The maximum absolute atomic E-state index is 5.41. The van der Waals surface area contributed by atoms with Crippen LogP contribution in [0.1, 0.15) is 36.4 Å². The van der Waals surface area contributed by atoms with Gasteiger partial charge in [0.2, 0.25) is 0 Å². The molecule has 25 heavy (non-hydrogen) atoms. The van der Waals surface area contributed by atoms with Gasteiger partial charge in [-0.3, -0.25) is 4.99 Å². The van der Waals surface area contributed by atoms with Gasteiger partial charge in [0.1, 0.15) is 5.76 Å². The first-order valence-electron chi connectivity index (χ1n) is 8.76. The Morgan fingerprint density at radius 1 is 1.16 bits per heavy atom. The second-order valence-electron chi connectivity index (χ2n) is 6.08. The van der Waals surface area contributed by atoms with Crippen molar-refractivity contribution in [2.45, 2.75) is 39.8 Å². The van der Waals surface area contributed by atoms with Crippen molar-refractivity contribution in [3.8, 4) is 0 Å². The Balaban J connectivity index is 1.95. The molecule has 0 radical (unpaired) electrons. The van der Waals surface area contributed by atoms with Crippen LogP contribution in [0.4, 0.5) is 5.69 Å². The van der Waals surface area contributed by atoms with Gasteiger partial charge in [-0.15, -0.1) is 0 Å². The lowest BCUT2D eigenvalue weighted by atomic mass is 10.1. The van der Waals surface area contributed by atoms with Crippen LogP contribution >= 0.6 is 0 Å². The third-order valence-electron chi connectivity index (χ3n) is 4.15. The van der Waals surface area contributed by atoms with Gasteiger partial charge < -0.3 is 20.1 Å². The molecule has 1 aromatic carbocycles. The second kappa shape index (κ2) is 9.11. The van der Waals surface area contributed by atoms with Crippen LogP contribution in [0, 0.1) is 0 Å². The van der Waals surface area contributed by atoms with Crippen molar-refractivity contribution in [3.63, 3.8) is 0 Å². The predicted octanol–water partition coefficient (Wildman–Crippen LogP) is 2.73. The molecule has 0 saturated carbocycles. The Bertz CT molecular complexity index is 684. The molecule has 6 nitrogen and oxygen atoms in total. The summed E-state index contributed by atoms with van der Waals surface area (Å²) in [6.45, 7) is 5.54. The molecule has 1 aromatic heterocycles. The quantitative estimate of drug-likeness (QED) is 0.598. The molecule has 0 saturated heterocycles. The van der Waals surface area contributed by atoms with E-state index in [2.05, 4.69) is 63.8 Å². The number of nitrogens with one attached hydrogen (secondary N) is 2. The SMILES string of the molecule is CCc1noc(CC)c1CNC(=NC)NCc1cccc(N(C)C)c1. The molecule has 2 aromatic rings. The highest BCUT2D eigenvalue weighted by Gasteiger charge is 2.13. The molecule has 0 bridgehead atoms. The third-order valence-corrected chi connectivity index (χ3v) is 4.15. The van der Waals surface area contributed by atoms with Gasteiger partial charge in [0.25, 0.3) is 0 Å². The zero-order chi connectivity index (χ0) is 18.2. The molecule has 0 atom stereocenters. The van der Waals surface area contributed by atoms with Gasteiger partial charge in [-0.05, 0) is 24.1 Å². The van der Waals surface area contributed by atoms with Crippen LogP contribution in [0.5, 0.6) is 0 Å². The average molecular weight is 343 g/mol. The largest absolute Gasteiger partial charge is 0.378 e. The number of rotatable bonds is 7. The molecule has 0 aliphatic rings. The number of guanidine groups is 1. The number of benzene rings is 1. The van der Waals surface area contributed by atoms with Crippen molar-refractivity contribution in [3.05, 3.63) is 46.8 Å². The Labute approximate surface area is 150 Å². The van der Waals surface area contributed by atoms with Gasteiger partial charge in [-0.25, -0.2) is 0 Å². The molecule has 0 aliphatic carbocycles. The van der Waals surface area contributed by atoms with Gasteiger partial charge in [0.15, 0.2) is 5.96 Å². The van der Waals surface area contributed by atoms with Crippen LogP contribution in [0.3, 0.4) is 0 Å². The van der Waals surface area contributed by atoms with E-state index in [9.17, 15) is 0 Å². The summed E-state index contributed by atoms with van der Waals surface area (Å²) in [5, 5.41) is 10.9. The van der Waals surface area contributed by atoms with Crippen molar-refractivity contribution < 1.29 is 4.52 Å². The molecule has 2 N–H and O–H groups in total. The predicted molar refractivity (Wildman–Crippen MR) is 103 cm³/mol. The fourth-order valence-electron chi connectivity index (χ4n) is 2.66. The summed E-state index contributed by atoms with van der Waals surface area (Å²) in [6, 6.07) is 8.45. The van der Waals surface area contributed by atoms with Gasteiger partial charge in [-0.1, -0.05) is 31.1 Å². The van der Waals surface area contributed by atoms with E-state index >= 15 is 0 Å². The van der Waals surface area contributed by atoms with Crippen LogP contribution in [0.15, 0.2) is 33.8 Å². The summed E-state index contributed by atoms with van der Waals surface area (Å²) in [7, 11) is 5.87. The van der Waals surface area contributed by atoms with Crippen molar-refractivity contribution in [1.82, 2.24) is 15.8 Å². The second-order valence-corrected chi connectivity index (χ2v) is 6.08. The number of anilines is 1. The minimum atomic E-state index is 0.660. The number of aromatic nitrogens is 1. The molecule has 0 amide bonds. The van der Waals surface area contributed by atoms with Crippen molar-refractivity contribution >= 4 is 11.6 Å². The number of hydrogen-bond donors (Lipinski definition) is 2. The molecule has 0 spiro atoms. The minimum Gasteiger partial charge on any atom is -0.378 e. The van der Waals surface area contributed by atoms with E-state index in [-0.39, 0.29) is 0 Å². The van der Waals surface area contributed by atoms with E-state index in [1.807, 2.05) is 14.1 Å². The standard InChI is InChI=1S/C19H29N5O/c1-6-17-16(18(7-2)25-23-17)13-22-19(20-3)21-12-14-9-8-10-15(11-14)24(4)5/h8-11H,6-7,12-13H2,1-5H3,(H2,20,21,22). The fourth-order valence-corrected chi connectivity index (χ4v) is 2.66. The highest BCUT2D eigenvalue weighted by molar-refractivity contribution is 5.79. The van der Waals surface area contributed by atoms with Crippen LogP contribution in [0.2, 0.25) is 0 Å². The molecule has 136 valence electrons. The maximum atomic E-state index is 5.41. The summed E-state index contributed by atoms with van der Waals surface area (Å²) >= 11 is 0. The minimum absolute atomic E-state index is 0.660. The van der Waals surface area contributed by atoms with Crippen molar-refractivity contribution in [2.75, 3.05) is 26.0 Å².